The number of ketones is 1. The summed E-state index contributed by atoms with van der Waals surface area (Å²) in [6.45, 7) is 0.446. The lowest BCUT2D eigenvalue weighted by Gasteiger charge is -2.35. The molecule has 3 aromatic rings. The van der Waals surface area contributed by atoms with Crippen LogP contribution in [-0.2, 0) is 10.3 Å². The van der Waals surface area contributed by atoms with Gasteiger partial charge in [0.2, 0.25) is 5.91 Å². The first-order valence-electron chi connectivity index (χ1n) is 9.95. The van der Waals surface area contributed by atoms with Crippen LogP contribution in [0.25, 0.3) is 0 Å². The molecule has 3 atom stereocenters. The van der Waals surface area contributed by atoms with E-state index in [9.17, 15) is 14.0 Å². The van der Waals surface area contributed by atoms with Gasteiger partial charge >= 0.3 is 0 Å². The summed E-state index contributed by atoms with van der Waals surface area (Å²) in [5, 5.41) is 3.43. The maximum absolute atomic E-state index is 13.9. The Hall–Kier alpha value is -3.09. The van der Waals surface area contributed by atoms with Crippen molar-refractivity contribution in [2.75, 3.05) is 18.9 Å². The van der Waals surface area contributed by atoms with Gasteiger partial charge < -0.3 is 5.32 Å². The molecule has 1 unspecified atom stereocenters. The van der Waals surface area contributed by atoms with E-state index in [-0.39, 0.29) is 23.4 Å². The molecule has 5 rings (SSSR count). The third-order valence-electron chi connectivity index (χ3n) is 6.44. The van der Waals surface area contributed by atoms with Crippen molar-refractivity contribution in [3.63, 3.8) is 0 Å². The number of carbonyl (C=O) groups excluding carboxylic acids is 2. The van der Waals surface area contributed by atoms with Crippen LogP contribution in [0, 0.1) is 11.7 Å². The highest BCUT2D eigenvalue weighted by Crippen LogP contribution is 2.55. The number of hydrogen-bond acceptors (Lipinski definition) is 4. The molecule has 1 fully saturated rings. The van der Waals surface area contributed by atoms with E-state index < -0.39 is 11.5 Å². The van der Waals surface area contributed by atoms with Crippen LogP contribution < -0.4 is 5.32 Å². The molecule has 0 aliphatic carbocycles. The summed E-state index contributed by atoms with van der Waals surface area (Å²) in [7, 11) is 1.84. The number of Topliss-reactive ketones (excluding diaryl/α,β-unsaturated/α-hetero) is 1. The van der Waals surface area contributed by atoms with E-state index in [1.807, 2.05) is 11.9 Å². The Morgan fingerprint density at radius 2 is 2.00 bits per heavy atom. The zero-order valence-corrected chi connectivity index (χ0v) is 17.4. The van der Waals surface area contributed by atoms with Gasteiger partial charge in [-0.2, -0.15) is 0 Å². The maximum Gasteiger partial charge on any atom is 0.250 e. The van der Waals surface area contributed by atoms with Crippen molar-refractivity contribution in [3.05, 3.63) is 94.5 Å². The highest BCUT2D eigenvalue weighted by Gasteiger charge is 2.64. The molecule has 1 amide bonds. The predicted molar refractivity (Wildman–Crippen MR) is 116 cm³/mol. The lowest BCUT2D eigenvalue weighted by Crippen LogP contribution is -2.51. The summed E-state index contributed by atoms with van der Waals surface area (Å²) in [5.41, 5.74) is 1.32. The average molecular weight is 436 g/mol. The van der Waals surface area contributed by atoms with Gasteiger partial charge in [-0.25, -0.2) is 4.39 Å². The molecule has 31 heavy (non-hydrogen) atoms. The minimum absolute atomic E-state index is 0.185. The highest BCUT2D eigenvalue weighted by molar-refractivity contribution is 6.31. The molecule has 1 N–H and O–H groups in total. The summed E-state index contributed by atoms with van der Waals surface area (Å²) >= 11 is 6.30. The molecular formula is C24H19ClFN3O2. The van der Waals surface area contributed by atoms with E-state index in [1.165, 1.54) is 18.3 Å². The van der Waals surface area contributed by atoms with Crippen molar-refractivity contribution in [2.45, 2.75) is 11.5 Å². The first-order valence-corrected chi connectivity index (χ1v) is 10.3. The number of nitrogens with one attached hydrogen (secondary N) is 1. The van der Waals surface area contributed by atoms with Gasteiger partial charge in [-0.05, 0) is 55.1 Å². The van der Waals surface area contributed by atoms with Crippen LogP contribution >= 0.6 is 11.6 Å². The number of benzene rings is 2. The van der Waals surface area contributed by atoms with Crippen molar-refractivity contribution in [1.29, 1.82) is 0 Å². The number of fused-ring (bicyclic) bond motifs is 2. The van der Waals surface area contributed by atoms with Gasteiger partial charge in [0.15, 0.2) is 5.78 Å². The topological polar surface area (TPSA) is 62.3 Å². The number of likely N-dealkylation sites (tertiary alicyclic amines) is 1. The quantitative estimate of drug-likeness (QED) is 0.625. The molecule has 1 saturated heterocycles. The maximum atomic E-state index is 13.9. The smallest absolute Gasteiger partial charge is 0.250 e. The van der Waals surface area contributed by atoms with Crippen LogP contribution in [0.3, 0.4) is 0 Å². The fourth-order valence-corrected chi connectivity index (χ4v) is 5.28. The molecule has 0 radical (unpaired) electrons. The Balaban J connectivity index is 1.74. The fourth-order valence-electron chi connectivity index (χ4n) is 5.11. The third-order valence-corrected chi connectivity index (χ3v) is 6.67. The second-order valence-electron chi connectivity index (χ2n) is 8.03. The second kappa shape index (κ2) is 7.25. The van der Waals surface area contributed by atoms with Gasteiger partial charge in [-0.1, -0.05) is 23.7 Å². The molecule has 2 aromatic carbocycles. The summed E-state index contributed by atoms with van der Waals surface area (Å²) in [6.07, 6.45) is 3.12. The van der Waals surface area contributed by atoms with Gasteiger partial charge in [-0.3, -0.25) is 19.5 Å². The number of carbonyl (C=O) groups is 2. The Kier molecular flexibility index (Phi) is 4.64. The van der Waals surface area contributed by atoms with E-state index >= 15 is 0 Å². The molecule has 0 saturated carbocycles. The molecule has 2 aliphatic heterocycles. The van der Waals surface area contributed by atoms with E-state index in [0.29, 0.717) is 28.4 Å². The Labute approximate surface area is 183 Å². The Morgan fingerprint density at radius 3 is 2.71 bits per heavy atom. The Morgan fingerprint density at radius 1 is 1.23 bits per heavy atom. The first kappa shape index (κ1) is 19.8. The molecule has 2 aliphatic rings. The van der Waals surface area contributed by atoms with E-state index in [4.69, 9.17) is 11.6 Å². The first-order chi connectivity index (χ1) is 14.9. The number of hydrogen-bond donors (Lipinski definition) is 1. The Bertz CT molecular complexity index is 1190. The molecule has 1 spiro atoms. The van der Waals surface area contributed by atoms with Crippen LogP contribution in [-0.4, -0.2) is 35.2 Å². The van der Waals surface area contributed by atoms with Gasteiger partial charge in [0.25, 0.3) is 0 Å². The van der Waals surface area contributed by atoms with E-state index in [1.54, 1.807) is 48.7 Å². The lowest BCUT2D eigenvalue weighted by molar-refractivity contribution is -0.126. The monoisotopic (exact) mass is 435 g/mol. The van der Waals surface area contributed by atoms with Crippen molar-refractivity contribution in [2.24, 2.45) is 5.92 Å². The molecule has 0 bridgehead atoms. The zero-order chi connectivity index (χ0) is 21.8. The molecule has 7 heteroatoms. The third kappa shape index (κ3) is 2.90. The normalized spacial score (nSPS) is 24.9. The molecule has 3 heterocycles. The molecular weight excluding hydrogens is 417 g/mol. The van der Waals surface area contributed by atoms with Gasteiger partial charge in [-0.15, -0.1) is 0 Å². The van der Waals surface area contributed by atoms with Crippen LogP contribution in [0.4, 0.5) is 10.1 Å². The lowest BCUT2D eigenvalue weighted by atomic mass is 9.70. The van der Waals surface area contributed by atoms with Crippen molar-refractivity contribution in [1.82, 2.24) is 9.88 Å². The standard InChI is InChI=1S/C24H19ClFN3O2/c1-29-13-18(14-4-7-17(26)8-5-14)21(22(30)15-3-2-10-27-12-15)24(29)19-11-16(25)6-9-20(19)28-23(24)31/h2-12,18,21H,13H2,1H3,(H,28,31)/t18-,21?,24-/m1/s1. The zero-order valence-electron chi connectivity index (χ0n) is 16.7. The second-order valence-corrected chi connectivity index (χ2v) is 8.47. The number of aromatic nitrogens is 1. The number of amides is 1. The minimum atomic E-state index is -1.23. The summed E-state index contributed by atoms with van der Waals surface area (Å²) in [4.78, 5) is 33.4. The molecule has 1 aromatic heterocycles. The van der Waals surface area contributed by atoms with Crippen molar-refractivity contribution < 1.29 is 14.0 Å². The fraction of sp³-hybridized carbons (Fsp3) is 0.208. The molecule has 5 nitrogen and oxygen atoms in total. The van der Waals surface area contributed by atoms with Gasteiger partial charge in [0, 0.05) is 46.7 Å². The average Bonchev–Trinajstić information content (AvgIpc) is 3.24. The molecule has 156 valence electrons. The SMILES string of the molecule is CN1C[C@H](c2ccc(F)cc2)C(C(=O)c2cccnc2)[C@]12C(=O)Nc1ccc(Cl)cc12. The van der Waals surface area contributed by atoms with Crippen molar-refractivity contribution in [3.8, 4) is 0 Å². The van der Waals surface area contributed by atoms with E-state index in [2.05, 4.69) is 10.3 Å². The largest absolute Gasteiger partial charge is 0.324 e. The number of rotatable bonds is 3. The van der Waals surface area contributed by atoms with Gasteiger partial charge in [0.1, 0.15) is 11.4 Å². The predicted octanol–water partition coefficient (Wildman–Crippen LogP) is 4.25. The van der Waals surface area contributed by atoms with Crippen LogP contribution in [0.1, 0.15) is 27.4 Å². The number of anilines is 1. The van der Waals surface area contributed by atoms with Crippen LogP contribution in [0.15, 0.2) is 67.0 Å². The van der Waals surface area contributed by atoms with Gasteiger partial charge in [0.05, 0.1) is 5.92 Å². The number of halogens is 2. The highest BCUT2D eigenvalue weighted by atomic mass is 35.5. The summed E-state index contributed by atoms with van der Waals surface area (Å²) in [5.74, 6) is -1.87. The number of likely N-dealkylation sites (N-methyl/N-ethyl adjacent to an activating group) is 1. The van der Waals surface area contributed by atoms with E-state index in [0.717, 1.165) is 5.56 Å². The number of nitrogens with zero attached hydrogens (tertiary/aromatic N) is 2. The van der Waals surface area contributed by atoms with Crippen molar-refractivity contribution >= 4 is 29.0 Å². The summed E-state index contributed by atoms with van der Waals surface area (Å²) < 4.78 is 13.6. The number of pyridine rings is 1. The van der Waals surface area contributed by atoms with Crippen LogP contribution in [0.5, 0.6) is 0 Å². The minimum Gasteiger partial charge on any atom is -0.324 e. The van der Waals surface area contributed by atoms with Crippen LogP contribution in [0.2, 0.25) is 5.02 Å². The summed E-state index contributed by atoms with van der Waals surface area (Å²) in [6, 6.07) is 14.8.